The van der Waals surface area contributed by atoms with Gasteiger partial charge in [0.1, 0.15) is 16.4 Å². The molecular weight excluding hydrogens is 456 g/mol. The van der Waals surface area contributed by atoms with Gasteiger partial charge < -0.3 is 14.6 Å². The summed E-state index contributed by atoms with van der Waals surface area (Å²) in [5.74, 6) is -2.07. The zero-order valence-corrected chi connectivity index (χ0v) is 19.6. The standard InChI is InChI=1S/C25H22N2O6S/c1-4-33-17-12-8-11-16(13-17)20(28)18-19(15-9-6-5-7-10-15)27(23(30)21(18)29)25-26-14(2)22(34-25)24(31)32-3/h5-13,19,28H,4H2,1-3H3. The van der Waals surface area contributed by atoms with Gasteiger partial charge in [0.25, 0.3) is 5.78 Å². The number of aliphatic hydroxyl groups is 1. The van der Waals surface area contributed by atoms with Crippen LogP contribution < -0.4 is 9.64 Å². The maximum absolute atomic E-state index is 13.2. The zero-order chi connectivity index (χ0) is 24.4. The van der Waals surface area contributed by atoms with Crippen molar-refractivity contribution in [2.24, 2.45) is 0 Å². The summed E-state index contributed by atoms with van der Waals surface area (Å²) >= 11 is 0.955. The van der Waals surface area contributed by atoms with Crippen LogP contribution in [0.3, 0.4) is 0 Å². The van der Waals surface area contributed by atoms with Gasteiger partial charge in [-0.2, -0.15) is 0 Å². The van der Waals surface area contributed by atoms with Crippen LogP contribution in [0.25, 0.3) is 5.76 Å². The molecule has 34 heavy (non-hydrogen) atoms. The number of Topliss-reactive ketones (excluding diaryl/α,β-unsaturated/α-hetero) is 1. The monoisotopic (exact) mass is 478 g/mol. The number of methoxy groups -OCH3 is 1. The molecule has 1 aliphatic rings. The van der Waals surface area contributed by atoms with E-state index in [-0.39, 0.29) is 21.3 Å². The van der Waals surface area contributed by atoms with Crippen LogP contribution in [0.1, 0.15) is 39.5 Å². The van der Waals surface area contributed by atoms with Gasteiger partial charge in [0.2, 0.25) is 0 Å². The summed E-state index contributed by atoms with van der Waals surface area (Å²) in [5, 5.41) is 11.4. The van der Waals surface area contributed by atoms with Gasteiger partial charge in [0, 0.05) is 5.56 Å². The van der Waals surface area contributed by atoms with Crippen LogP contribution in [-0.2, 0) is 14.3 Å². The molecule has 0 spiro atoms. The van der Waals surface area contributed by atoms with E-state index < -0.39 is 23.7 Å². The Morgan fingerprint density at radius 1 is 1.15 bits per heavy atom. The number of nitrogens with zero attached hydrogens (tertiary/aromatic N) is 2. The molecule has 0 radical (unpaired) electrons. The number of benzene rings is 2. The minimum Gasteiger partial charge on any atom is -0.507 e. The van der Waals surface area contributed by atoms with Gasteiger partial charge in [-0.15, -0.1) is 0 Å². The van der Waals surface area contributed by atoms with Gasteiger partial charge in [-0.1, -0.05) is 53.8 Å². The van der Waals surface area contributed by atoms with E-state index in [2.05, 4.69) is 4.98 Å². The first-order chi connectivity index (χ1) is 16.4. The number of amides is 1. The highest BCUT2D eigenvalue weighted by Crippen LogP contribution is 2.44. The molecular formula is C25H22N2O6S. The lowest BCUT2D eigenvalue weighted by Crippen LogP contribution is -2.29. The van der Waals surface area contributed by atoms with Gasteiger partial charge in [-0.25, -0.2) is 9.78 Å². The van der Waals surface area contributed by atoms with Gasteiger partial charge in [-0.05, 0) is 31.5 Å². The Morgan fingerprint density at radius 2 is 1.88 bits per heavy atom. The molecule has 1 amide bonds. The van der Waals surface area contributed by atoms with Crippen LogP contribution in [-0.4, -0.2) is 41.5 Å². The highest BCUT2D eigenvalue weighted by molar-refractivity contribution is 7.17. The van der Waals surface area contributed by atoms with Crippen LogP contribution in [0, 0.1) is 6.92 Å². The molecule has 1 aliphatic heterocycles. The van der Waals surface area contributed by atoms with E-state index in [0.717, 1.165) is 11.3 Å². The molecule has 4 rings (SSSR count). The third kappa shape index (κ3) is 4.06. The van der Waals surface area contributed by atoms with Gasteiger partial charge in [0.15, 0.2) is 5.13 Å². The smallest absolute Gasteiger partial charge is 0.350 e. The third-order valence-electron chi connectivity index (χ3n) is 5.34. The van der Waals surface area contributed by atoms with E-state index in [4.69, 9.17) is 9.47 Å². The number of carbonyl (C=O) groups excluding carboxylic acids is 3. The van der Waals surface area contributed by atoms with Crippen molar-refractivity contribution in [1.29, 1.82) is 0 Å². The summed E-state index contributed by atoms with van der Waals surface area (Å²) in [4.78, 5) is 44.4. The number of rotatable bonds is 6. The number of thiazole rings is 1. The van der Waals surface area contributed by atoms with Crippen molar-refractivity contribution >= 4 is 39.9 Å². The number of hydrogen-bond acceptors (Lipinski definition) is 8. The Bertz CT molecular complexity index is 1300. The number of ether oxygens (including phenoxy) is 2. The second-order valence-corrected chi connectivity index (χ2v) is 8.42. The molecule has 2 aromatic carbocycles. The van der Waals surface area contributed by atoms with Crippen LogP contribution >= 0.6 is 11.3 Å². The Kier molecular flexibility index (Phi) is 6.47. The molecule has 0 saturated carbocycles. The van der Waals surface area contributed by atoms with Crippen LogP contribution in [0.2, 0.25) is 0 Å². The average molecular weight is 479 g/mol. The Morgan fingerprint density at radius 3 is 2.56 bits per heavy atom. The van der Waals surface area contributed by atoms with Crippen molar-refractivity contribution in [1.82, 2.24) is 4.98 Å². The van der Waals surface area contributed by atoms with E-state index in [1.54, 1.807) is 55.5 Å². The minimum absolute atomic E-state index is 0.0719. The summed E-state index contributed by atoms with van der Waals surface area (Å²) in [5.41, 5.74) is 1.26. The largest absolute Gasteiger partial charge is 0.507 e. The number of ketones is 1. The molecule has 0 aliphatic carbocycles. The molecule has 174 valence electrons. The van der Waals surface area contributed by atoms with Crippen molar-refractivity contribution < 1.29 is 29.0 Å². The number of esters is 1. The van der Waals surface area contributed by atoms with E-state index in [0.29, 0.717) is 29.2 Å². The second-order valence-electron chi connectivity index (χ2n) is 7.44. The van der Waals surface area contributed by atoms with Crippen molar-refractivity contribution in [2.75, 3.05) is 18.6 Å². The molecule has 9 heteroatoms. The Hall–Kier alpha value is -3.98. The van der Waals surface area contributed by atoms with Gasteiger partial charge >= 0.3 is 11.9 Å². The quantitative estimate of drug-likeness (QED) is 0.244. The summed E-state index contributed by atoms with van der Waals surface area (Å²) < 4.78 is 10.3. The minimum atomic E-state index is -0.937. The Labute approximate surface area is 200 Å². The number of aliphatic hydroxyl groups excluding tert-OH is 1. The van der Waals surface area contributed by atoms with Crippen LogP contribution in [0.15, 0.2) is 60.2 Å². The molecule has 0 bridgehead atoms. The average Bonchev–Trinajstić information content (AvgIpc) is 3.36. The molecule has 1 saturated heterocycles. The number of hydrogen-bond donors (Lipinski definition) is 1. The fraction of sp³-hybridized carbons (Fsp3) is 0.200. The van der Waals surface area contributed by atoms with E-state index in [1.807, 2.05) is 13.0 Å². The van der Waals surface area contributed by atoms with Gasteiger partial charge in [-0.3, -0.25) is 14.5 Å². The molecule has 1 atom stereocenters. The summed E-state index contributed by atoms with van der Waals surface area (Å²) in [7, 11) is 1.26. The highest BCUT2D eigenvalue weighted by Gasteiger charge is 2.48. The molecule has 1 aromatic heterocycles. The molecule has 1 N–H and O–H groups in total. The van der Waals surface area contributed by atoms with Crippen LogP contribution in [0.4, 0.5) is 5.13 Å². The molecule has 8 nitrogen and oxygen atoms in total. The third-order valence-corrected chi connectivity index (χ3v) is 6.48. The maximum atomic E-state index is 13.2. The lowest BCUT2D eigenvalue weighted by Gasteiger charge is -2.23. The first-order valence-electron chi connectivity index (χ1n) is 10.5. The molecule has 3 aromatic rings. The summed E-state index contributed by atoms with van der Waals surface area (Å²) in [6.45, 7) is 3.90. The molecule has 1 fully saturated rings. The number of anilines is 1. The summed E-state index contributed by atoms with van der Waals surface area (Å²) in [6.07, 6.45) is 0. The first-order valence-corrected chi connectivity index (χ1v) is 11.3. The maximum Gasteiger partial charge on any atom is 0.350 e. The predicted octanol–water partition coefficient (Wildman–Crippen LogP) is 4.26. The van der Waals surface area contributed by atoms with Crippen molar-refractivity contribution in [3.05, 3.63) is 81.9 Å². The summed E-state index contributed by atoms with van der Waals surface area (Å²) in [6, 6.07) is 14.6. The highest BCUT2D eigenvalue weighted by atomic mass is 32.1. The topological polar surface area (TPSA) is 106 Å². The van der Waals surface area contributed by atoms with Gasteiger partial charge in [0.05, 0.1) is 31.0 Å². The van der Waals surface area contributed by atoms with Crippen molar-refractivity contribution in [3.63, 3.8) is 0 Å². The fourth-order valence-corrected chi connectivity index (χ4v) is 4.82. The first kappa shape index (κ1) is 23.2. The van der Waals surface area contributed by atoms with E-state index in [9.17, 15) is 19.5 Å². The van der Waals surface area contributed by atoms with E-state index in [1.165, 1.54) is 12.0 Å². The molecule has 1 unspecified atom stereocenters. The Balaban J connectivity index is 1.90. The van der Waals surface area contributed by atoms with E-state index >= 15 is 0 Å². The number of carbonyl (C=O) groups is 3. The van der Waals surface area contributed by atoms with Crippen molar-refractivity contribution in [2.45, 2.75) is 19.9 Å². The second kappa shape index (κ2) is 9.48. The lowest BCUT2D eigenvalue weighted by molar-refractivity contribution is -0.132. The zero-order valence-electron chi connectivity index (χ0n) is 18.8. The SMILES string of the molecule is CCOc1cccc(C(O)=C2C(=O)C(=O)N(c3nc(C)c(C(=O)OC)s3)C2c2ccccc2)c1. The lowest BCUT2D eigenvalue weighted by atomic mass is 9.95. The number of aromatic nitrogens is 1. The van der Waals surface area contributed by atoms with Crippen LogP contribution in [0.5, 0.6) is 5.75 Å². The normalized spacial score (nSPS) is 17.1. The molecule has 2 heterocycles. The fourth-order valence-electron chi connectivity index (χ4n) is 3.80. The van der Waals surface area contributed by atoms with Crippen molar-refractivity contribution in [3.8, 4) is 5.75 Å². The predicted molar refractivity (Wildman–Crippen MR) is 127 cm³/mol. The number of aryl methyl sites for hydroxylation is 1.